The Morgan fingerprint density at radius 3 is 2.05 bits per heavy atom. The molecule has 0 amide bonds. The van der Waals surface area contributed by atoms with Crippen LogP contribution in [-0.2, 0) is 0 Å². The third-order valence-corrected chi connectivity index (χ3v) is 4.28. The van der Waals surface area contributed by atoms with Crippen molar-refractivity contribution in [1.82, 2.24) is 5.32 Å². The van der Waals surface area contributed by atoms with Gasteiger partial charge in [0, 0.05) is 11.6 Å². The number of rotatable bonds is 8. The van der Waals surface area contributed by atoms with Crippen LogP contribution in [0.3, 0.4) is 0 Å². The maximum absolute atomic E-state index is 5.47. The van der Waals surface area contributed by atoms with Crippen LogP contribution in [0.1, 0.15) is 46.2 Å². The minimum Gasteiger partial charge on any atom is -0.497 e. The molecular weight excluding hydrogens is 262 g/mol. The predicted molar refractivity (Wildman–Crippen MR) is 89.1 cm³/mol. The maximum atomic E-state index is 5.47. The molecule has 3 heteroatoms. The van der Waals surface area contributed by atoms with E-state index < -0.39 is 0 Å². The summed E-state index contributed by atoms with van der Waals surface area (Å²) in [6.07, 6.45) is 0. The van der Waals surface area contributed by atoms with Gasteiger partial charge in [-0.2, -0.15) is 0 Å². The summed E-state index contributed by atoms with van der Waals surface area (Å²) in [7, 11) is 3.40. The Balaban J connectivity index is 2.81. The second-order valence-electron chi connectivity index (χ2n) is 6.39. The van der Waals surface area contributed by atoms with Gasteiger partial charge in [0.25, 0.3) is 0 Å². The second-order valence-corrected chi connectivity index (χ2v) is 6.39. The van der Waals surface area contributed by atoms with Gasteiger partial charge in [-0.3, -0.25) is 0 Å². The van der Waals surface area contributed by atoms with Gasteiger partial charge in [0.05, 0.1) is 14.2 Å². The molecule has 0 saturated carbocycles. The van der Waals surface area contributed by atoms with Crippen LogP contribution in [0.4, 0.5) is 0 Å². The van der Waals surface area contributed by atoms with Gasteiger partial charge in [0.15, 0.2) is 0 Å². The highest BCUT2D eigenvalue weighted by molar-refractivity contribution is 5.42. The Labute approximate surface area is 130 Å². The molecule has 1 rings (SSSR count). The summed E-state index contributed by atoms with van der Waals surface area (Å²) in [5.41, 5.74) is 1.14. The van der Waals surface area contributed by atoms with Crippen molar-refractivity contribution in [2.75, 3.05) is 20.8 Å². The van der Waals surface area contributed by atoms with Crippen molar-refractivity contribution >= 4 is 0 Å². The molecule has 0 heterocycles. The molecular formula is C18H31NO2. The fourth-order valence-electron chi connectivity index (χ4n) is 2.84. The van der Waals surface area contributed by atoms with Crippen LogP contribution >= 0.6 is 0 Å². The molecule has 0 bridgehead atoms. The van der Waals surface area contributed by atoms with Gasteiger partial charge in [-0.1, -0.05) is 27.7 Å². The first kappa shape index (κ1) is 17.8. The zero-order valence-corrected chi connectivity index (χ0v) is 14.6. The molecule has 120 valence electrons. The normalized spacial score (nSPS) is 13.0. The molecule has 1 aromatic carbocycles. The van der Waals surface area contributed by atoms with Crippen molar-refractivity contribution < 1.29 is 9.47 Å². The number of methoxy groups -OCH3 is 2. The lowest BCUT2D eigenvalue weighted by molar-refractivity contribution is 0.267. The summed E-state index contributed by atoms with van der Waals surface area (Å²) in [4.78, 5) is 0. The largest absolute Gasteiger partial charge is 0.497 e. The van der Waals surface area contributed by atoms with E-state index in [0.717, 1.165) is 23.6 Å². The van der Waals surface area contributed by atoms with Gasteiger partial charge < -0.3 is 14.8 Å². The first-order chi connectivity index (χ1) is 9.90. The fraction of sp³-hybridized carbons (Fsp3) is 0.667. The van der Waals surface area contributed by atoms with E-state index in [9.17, 15) is 0 Å². The molecule has 0 spiro atoms. The smallest absolute Gasteiger partial charge is 0.123 e. The number of ether oxygens (including phenoxy) is 2. The lowest BCUT2D eigenvalue weighted by atomic mass is 9.85. The topological polar surface area (TPSA) is 30.5 Å². The van der Waals surface area contributed by atoms with E-state index in [0.29, 0.717) is 17.8 Å². The highest BCUT2D eigenvalue weighted by Crippen LogP contribution is 2.30. The molecule has 3 nitrogen and oxygen atoms in total. The Kier molecular flexibility index (Phi) is 7.03. The van der Waals surface area contributed by atoms with Crippen LogP contribution in [0.5, 0.6) is 11.5 Å². The Bertz CT molecular complexity index is 421. The van der Waals surface area contributed by atoms with Crippen LogP contribution in [0, 0.1) is 17.8 Å². The van der Waals surface area contributed by atoms with Crippen molar-refractivity contribution in [2.45, 2.75) is 40.7 Å². The second kappa shape index (κ2) is 8.28. The highest BCUT2D eigenvalue weighted by atomic mass is 16.5. The number of benzene rings is 1. The summed E-state index contributed by atoms with van der Waals surface area (Å²) < 4.78 is 10.8. The summed E-state index contributed by atoms with van der Waals surface area (Å²) in [6, 6.07) is 6.18. The monoisotopic (exact) mass is 293 g/mol. The van der Waals surface area contributed by atoms with Gasteiger partial charge in [0.2, 0.25) is 0 Å². The van der Waals surface area contributed by atoms with E-state index >= 15 is 0 Å². The fourth-order valence-corrected chi connectivity index (χ4v) is 2.84. The van der Waals surface area contributed by atoms with Gasteiger partial charge in [-0.25, -0.2) is 0 Å². The predicted octanol–water partition coefficient (Wildman–Crippen LogP) is 4.28. The first-order valence-corrected chi connectivity index (χ1v) is 7.86. The summed E-state index contributed by atoms with van der Waals surface area (Å²) >= 11 is 0. The molecule has 21 heavy (non-hydrogen) atoms. The minimum atomic E-state index is 0.232. The zero-order valence-electron chi connectivity index (χ0n) is 14.6. The van der Waals surface area contributed by atoms with E-state index in [4.69, 9.17) is 9.47 Å². The molecule has 0 aliphatic heterocycles. The van der Waals surface area contributed by atoms with E-state index in [2.05, 4.69) is 46.0 Å². The van der Waals surface area contributed by atoms with Crippen LogP contribution in [0.25, 0.3) is 0 Å². The van der Waals surface area contributed by atoms with Crippen LogP contribution in [-0.4, -0.2) is 20.8 Å². The third-order valence-electron chi connectivity index (χ3n) is 4.28. The zero-order chi connectivity index (χ0) is 16.0. The van der Waals surface area contributed by atoms with Crippen LogP contribution in [0.2, 0.25) is 0 Å². The van der Waals surface area contributed by atoms with E-state index in [-0.39, 0.29) is 6.04 Å². The standard InChI is InChI=1S/C18H31NO2/c1-12(2)17(13(3)4)11-19-14(5)16-10-15(20-6)8-9-18(16)21-7/h8-10,12-14,17,19H,11H2,1-7H3. The number of hydrogen-bond acceptors (Lipinski definition) is 3. The summed E-state index contributed by atoms with van der Waals surface area (Å²) in [5.74, 6) is 3.79. The van der Waals surface area contributed by atoms with E-state index in [1.54, 1.807) is 14.2 Å². The average molecular weight is 293 g/mol. The molecule has 1 aromatic rings. The minimum absolute atomic E-state index is 0.232. The molecule has 0 radical (unpaired) electrons. The molecule has 0 aliphatic carbocycles. The van der Waals surface area contributed by atoms with Crippen LogP contribution < -0.4 is 14.8 Å². The molecule has 0 saturated heterocycles. The molecule has 1 atom stereocenters. The summed E-state index contributed by atoms with van der Waals surface area (Å²) in [5, 5.41) is 3.65. The SMILES string of the molecule is COc1ccc(OC)c(C(C)NCC(C(C)C)C(C)C)c1. The first-order valence-electron chi connectivity index (χ1n) is 7.86. The Morgan fingerprint density at radius 2 is 1.57 bits per heavy atom. The molecule has 0 fully saturated rings. The average Bonchev–Trinajstić information content (AvgIpc) is 2.45. The van der Waals surface area contributed by atoms with Gasteiger partial charge in [-0.15, -0.1) is 0 Å². The molecule has 1 N–H and O–H groups in total. The third kappa shape index (κ3) is 4.92. The quantitative estimate of drug-likeness (QED) is 0.776. The molecule has 0 aliphatic rings. The van der Waals surface area contributed by atoms with Gasteiger partial charge >= 0.3 is 0 Å². The Morgan fingerprint density at radius 1 is 0.952 bits per heavy atom. The lowest BCUT2D eigenvalue weighted by Gasteiger charge is -2.27. The highest BCUT2D eigenvalue weighted by Gasteiger charge is 2.19. The van der Waals surface area contributed by atoms with Gasteiger partial charge in [-0.05, 0) is 49.4 Å². The van der Waals surface area contributed by atoms with Gasteiger partial charge in [0.1, 0.15) is 11.5 Å². The van der Waals surface area contributed by atoms with Crippen molar-refractivity contribution in [2.24, 2.45) is 17.8 Å². The van der Waals surface area contributed by atoms with E-state index in [1.807, 2.05) is 12.1 Å². The molecule has 0 aromatic heterocycles. The van der Waals surface area contributed by atoms with Crippen molar-refractivity contribution in [3.8, 4) is 11.5 Å². The van der Waals surface area contributed by atoms with Crippen LogP contribution in [0.15, 0.2) is 18.2 Å². The van der Waals surface area contributed by atoms with Crippen molar-refractivity contribution in [1.29, 1.82) is 0 Å². The van der Waals surface area contributed by atoms with E-state index in [1.165, 1.54) is 0 Å². The summed E-state index contributed by atoms with van der Waals surface area (Å²) in [6.45, 7) is 12.4. The maximum Gasteiger partial charge on any atom is 0.123 e. The number of hydrogen-bond donors (Lipinski definition) is 1. The Hall–Kier alpha value is -1.22. The number of nitrogens with one attached hydrogen (secondary N) is 1. The lowest BCUT2D eigenvalue weighted by Crippen LogP contribution is -2.31. The van der Waals surface area contributed by atoms with Crippen molar-refractivity contribution in [3.63, 3.8) is 0 Å². The van der Waals surface area contributed by atoms with Crippen molar-refractivity contribution in [3.05, 3.63) is 23.8 Å². The molecule has 1 unspecified atom stereocenters.